The molecule has 26 heavy (non-hydrogen) atoms. The molecule has 0 radical (unpaired) electrons. The summed E-state index contributed by atoms with van der Waals surface area (Å²) in [6, 6.07) is 10.5. The van der Waals surface area contributed by atoms with Crippen LogP contribution in [0.5, 0.6) is 0 Å². The number of rotatable bonds is 8. The maximum Gasteiger partial charge on any atom is 0.308 e. The molecule has 7 nitrogen and oxygen atoms in total. The van der Waals surface area contributed by atoms with E-state index in [-0.39, 0.29) is 18.2 Å². The Kier molecular flexibility index (Phi) is 7.78. The molecule has 1 aromatic rings. The molecule has 2 N–H and O–H groups in total. The van der Waals surface area contributed by atoms with Gasteiger partial charge in [-0.1, -0.05) is 44.2 Å². The van der Waals surface area contributed by atoms with Crippen LogP contribution in [0.2, 0.25) is 0 Å². The minimum atomic E-state index is -1.04. The Morgan fingerprint density at radius 1 is 1.23 bits per heavy atom. The molecule has 0 aromatic heterocycles. The molecule has 0 fully saturated rings. The molecule has 0 spiro atoms. The van der Waals surface area contributed by atoms with Gasteiger partial charge in [-0.25, -0.2) is 0 Å². The fraction of sp³-hybridized carbons (Fsp3) is 0.474. The largest absolute Gasteiger partial charge is 0.456 e. The maximum atomic E-state index is 12.1. The van der Waals surface area contributed by atoms with E-state index >= 15 is 0 Å². The van der Waals surface area contributed by atoms with Gasteiger partial charge in [0.15, 0.2) is 6.61 Å². The summed E-state index contributed by atoms with van der Waals surface area (Å²) in [5, 5.41) is 14.5. The van der Waals surface area contributed by atoms with Crippen LogP contribution in [0.4, 0.5) is 0 Å². The Balaban J connectivity index is 2.62. The maximum absolute atomic E-state index is 12.1. The zero-order valence-corrected chi connectivity index (χ0v) is 15.5. The van der Waals surface area contributed by atoms with E-state index in [1.807, 2.05) is 19.9 Å². The van der Waals surface area contributed by atoms with Gasteiger partial charge in [-0.05, 0) is 18.4 Å². The molecule has 2 amide bonds. The second-order valence-corrected chi connectivity index (χ2v) is 6.55. The monoisotopic (exact) mass is 359 g/mol. The van der Waals surface area contributed by atoms with Crippen LogP contribution in [0.1, 0.15) is 45.7 Å². The SMILES string of the molecule is CC(=O)N[C@H](CC(=O)OCC(=O)N[C@](C)(C#N)C(C)C)c1ccccc1. The van der Waals surface area contributed by atoms with Crippen molar-refractivity contribution in [3.63, 3.8) is 0 Å². The zero-order chi connectivity index (χ0) is 19.7. The lowest BCUT2D eigenvalue weighted by molar-refractivity contribution is -0.149. The highest BCUT2D eigenvalue weighted by Crippen LogP contribution is 2.17. The average molecular weight is 359 g/mol. The zero-order valence-electron chi connectivity index (χ0n) is 15.5. The first kappa shape index (κ1) is 21.2. The van der Waals surface area contributed by atoms with Crippen LogP contribution in [0.25, 0.3) is 0 Å². The highest BCUT2D eigenvalue weighted by molar-refractivity contribution is 5.82. The number of carbonyl (C=O) groups excluding carboxylic acids is 3. The van der Waals surface area contributed by atoms with Crippen LogP contribution >= 0.6 is 0 Å². The molecule has 1 aromatic carbocycles. The van der Waals surface area contributed by atoms with Crippen molar-refractivity contribution in [2.75, 3.05) is 6.61 Å². The van der Waals surface area contributed by atoms with Crippen molar-refractivity contribution in [2.24, 2.45) is 5.92 Å². The predicted molar refractivity (Wildman–Crippen MR) is 95.6 cm³/mol. The summed E-state index contributed by atoms with van der Waals surface area (Å²) in [5.41, 5.74) is -0.271. The molecule has 2 atom stereocenters. The van der Waals surface area contributed by atoms with Crippen molar-refractivity contribution in [2.45, 2.75) is 45.7 Å². The van der Waals surface area contributed by atoms with E-state index in [4.69, 9.17) is 4.74 Å². The van der Waals surface area contributed by atoms with Gasteiger partial charge in [0.05, 0.1) is 18.5 Å². The topological polar surface area (TPSA) is 108 Å². The fourth-order valence-electron chi connectivity index (χ4n) is 2.18. The summed E-state index contributed by atoms with van der Waals surface area (Å²) in [4.78, 5) is 35.4. The summed E-state index contributed by atoms with van der Waals surface area (Å²) in [6.45, 7) is 6.12. The molecule has 0 heterocycles. The van der Waals surface area contributed by atoms with E-state index in [0.29, 0.717) is 0 Å². The molecule has 0 aliphatic carbocycles. The summed E-state index contributed by atoms with van der Waals surface area (Å²) in [6.07, 6.45) is -0.101. The van der Waals surface area contributed by atoms with Crippen LogP contribution in [-0.4, -0.2) is 29.9 Å². The van der Waals surface area contributed by atoms with Gasteiger partial charge in [0.1, 0.15) is 5.54 Å². The number of amides is 2. The number of nitriles is 1. The average Bonchev–Trinajstić information content (AvgIpc) is 2.59. The van der Waals surface area contributed by atoms with Crippen LogP contribution in [0.15, 0.2) is 30.3 Å². The van der Waals surface area contributed by atoms with Gasteiger partial charge in [-0.3, -0.25) is 14.4 Å². The van der Waals surface area contributed by atoms with E-state index < -0.39 is 30.1 Å². The lowest BCUT2D eigenvalue weighted by atomic mass is 9.90. The number of nitrogens with one attached hydrogen (secondary N) is 2. The first-order valence-corrected chi connectivity index (χ1v) is 8.38. The van der Waals surface area contributed by atoms with Crippen LogP contribution in [0, 0.1) is 17.2 Å². The third-order valence-corrected chi connectivity index (χ3v) is 4.10. The van der Waals surface area contributed by atoms with Crippen molar-refractivity contribution in [3.05, 3.63) is 35.9 Å². The van der Waals surface area contributed by atoms with Gasteiger partial charge in [0.2, 0.25) is 5.91 Å². The number of hydrogen-bond donors (Lipinski definition) is 2. The van der Waals surface area contributed by atoms with E-state index in [9.17, 15) is 19.6 Å². The Labute approximate surface area is 153 Å². The number of carbonyl (C=O) groups is 3. The van der Waals surface area contributed by atoms with E-state index in [1.165, 1.54) is 6.92 Å². The summed E-state index contributed by atoms with van der Waals surface area (Å²) in [7, 11) is 0. The minimum Gasteiger partial charge on any atom is -0.456 e. The van der Waals surface area contributed by atoms with Gasteiger partial charge in [-0.2, -0.15) is 5.26 Å². The third-order valence-electron chi connectivity index (χ3n) is 4.10. The first-order chi connectivity index (χ1) is 12.2. The van der Waals surface area contributed by atoms with E-state index in [0.717, 1.165) is 5.56 Å². The summed E-state index contributed by atoms with van der Waals surface area (Å²) < 4.78 is 5.00. The van der Waals surface area contributed by atoms with Crippen molar-refractivity contribution in [3.8, 4) is 6.07 Å². The Hall–Kier alpha value is -2.88. The van der Waals surface area contributed by atoms with Crippen molar-refractivity contribution in [1.82, 2.24) is 10.6 Å². The fourth-order valence-corrected chi connectivity index (χ4v) is 2.18. The molecule has 0 unspecified atom stereocenters. The van der Waals surface area contributed by atoms with Crippen LogP contribution in [0.3, 0.4) is 0 Å². The lowest BCUT2D eigenvalue weighted by Crippen LogP contribution is -2.50. The van der Waals surface area contributed by atoms with Gasteiger partial charge in [0.25, 0.3) is 5.91 Å². The van der Waals surface area contributed by atoms with Gasteiger partial charge >= 0.3 is 5.97 Å². The highest BCUT2D eigenvalue weighted by atomic mass is 16.5. The smallest absolute Gasteiger partial charge is 0.308 e. The third kappa shape index (κ3) is 6.55. The number of esters is 1. The lowest BCUT2D eigenvalue weighted by Gasteiger charge is -2.27. The molecule has 7 heteroatoms. The predicted octanol–water partition coefficient (Wildman–Crippen LogP) is 1.85. The quantitative estimate of drug-likeness (QED) is 0.689. The van der Waals surface area contributed by atoms with Crippen LogP contribution < -0.4 is 10.6 Å². The summed E-state index contributed by atoms with van der Waals surface area (Å²) in [5.74, 6) is -1.54. The molecular formula is C19H25N3O4. The molecule has 1 rings (SSSR count). The Morgan fingerprint density at radius 3 is 2.35 bits per heavy atom. The molecule has 0 bridgehead atoms. The number of nitrogens with zero attached hydrogens (tertiary/aromatic N) is 1. The molecule has 0 aliphatic rings. The second-order valence-electron chi connectivity index (χ2n) is 6.55. The Bertz CT molecular complexity index is 682. The van der Waals surface area contributed by atoms with Crippen LogP contribution in [-0.2, 0) is 19.1 Å². The van der Waals surface area contributed by atoms with Gasteiger partial charge in [-0.15, -0.1) is 0 Å². The van der Waals surface area contributed by atoms with E-state index in [1.54, 1.807) is 31.2 Å². The van der Waals surface area contributed by atoms with Crippen molar-refractivity contribution >= 4 is 17.8 Å². The molecule has 140 valence electrons. The van der Waals surface area contributed by atoms with Crippen molar-refractivity contribution in [1.29, 1.82) is 5.26 Å². The molecule has 0 aliphatic heterocycles. The first-order valence-electron chi connectivity index (χ1n) is 8.38. The second kappa shape index (κ2) is 9.56. The minimum absolute atomic E-state index is 0.101. The molecular weight excluding hydrogens is 334 g/mol. The number of hydrogen-bond acceptors (Lipinski definition) is 5. The van der Waals surface area contributed by atoms with E-state index in [2.05, 4.69) is 16.7 Å². The molecule has 0 saturated carbocycles. The standard InChI is InChI=1S/C19H25N3O4/c1-13(2)19(4,12-20)22-17(24)11-26-18(25)10-16(21-14(3)23)15-8-6-5-7-9-15/h5-9,13,16H,10-11H2,1-4H3,(H,21,23)(H,22,24)/t16-,19-/m1/s1. The molecule has 0 saturated heterocycles. The highest BCUT2D eigenvalue weighted by Gasteiger charge is 2.30. The van der Waals surface area contributed by atoms with Crippen molar-refractivity contribution < 1.29 is 19.1 Å². The van der Waals surface area contributed by atoms with Gasteiger partial charge in [0, 0.05) is 6.92 Å². The Morgan fingerprint density at radius 2 is 1.85 bits per heavy atom. The number of ether oxygens (including phenoxy) is 1. The number of benzene rings is 1. The normalized spacial score (nSPS) is 13.8. The summed E-state index contributed by atoms with van der Waals surface area (Å²) >= 11 is 0. The van der Waals surface area contributed by atoms with Gasteiger partial charge < -0.3 is 15.4 Å².